The quantitative estimate of drug-likeness (QED) is 0.625. The van der Waals surface area contributed by atoms with Gasteiger partial charge in [0.15, 0.2) is 0 Å². The number of carbonyl (C=O) groups excluding carboxylic acids is 1. The number of aliphatic hydroxyl groups excluding tert-OH is 2. The Morgan fingerprint density at radius 1 is 1.31 bits per heavy atom. The number of carbonyl (C=O) groups is 1. The molecule has 5 nitrogen and oxygen atoms in total. The van der Waals surface area contributed by atoms with Crippen LogP contribution in [0.1, 0.15) is 10.4 Å². The minimum atomic E-state index is -0.399. The average molecular weight is 225 g/mol. The SMILES string of the molecule is COC(=O)c1ccc(NC(CO)CO)cc1. The van der Waals surface area contributed by atoms with Crippen LogP contribution >= 0.6 is 0 Å². The molecule has 0 aliphatic heterocycles. The zero-order valence-electron chi connectivity index (χ0n) is 9.01. The third-order valence-electron chi connectivity index (χ3n) is 2.12. The van der Waals surface area contributed by atoms with E-state index in [0.29, 0.717) is 5.56 Å². The molecule has 0 fully saturated rings. The number of methoxy groups -OCH3 is 1. The van der Waals surface area contributed by atoms with Crippen molar-refractivity contribution in [3.05, 3.63) is 29.8 Å². The molecular formula is C11H15NO4. The first kappa shape index (κ1) is 12.5. The normalized spacial score (nSPS) is 10.2. The van der Waals surface area contributed by atoms with Crippen LogP contribution in [0.15, 0.2) is 24.3 Å². The molecule has 0 saturated heterocycles. The molecule has 0 atom stereocenters. The van der Waals surface area contributed by atoms with Gasteiger partial charge in [0.25, 0.3) is 0 Å². The molecule has 0 unspecified atom stereocenters. The van der Waals surface area contributed by atoms with E-state index in [9.17, 15) is 4.79 Å². The Bertz CT molecular complexity index is 332. The topological polar surface area (TPSA) is 78.8 Å². The largest absolute Gasteiger partial charge is 0.465 e. The summed E-state index contributed by atoms with van der Waals surface area (Å²) in [5.41, 5.74) is 1.18. The van der Waals surface area contributed by atoms with E-state index >= 15 is 0 Å². The van der Waals surface area contributed by atoms with Gasteiger partial charge in [-0.1, -0.05) is 0 Å². The first-order valence-corrected chi connectivity index (χ1v) is 4.88. The van der Waals surface area contributed by atoms with E-state index in [2.05, 4.69) is 10.1 Å². The molecule has 1 aromatic carbocycles. The van der Waals surface area contributed by atoms with Crippen LogP contribution in [0.5, 0.6) is 0 Å². The predicted octanol–water partition coefficient (Wildman–Crippen LogP) is 0.238. The predicted molar refractivity (Wildman–Crippen MR) is 59.4 cm³/mol. The molecule has 88 valence electrons. The summed E-state index contributed by atoms with van der Waals surface area (Å²) in [6, 6.07) is 6.19. The summed E-state index contributed by atoms with van der Waals surface area (Å²) in [4.78, 5) is 11.1. The van der Waals surface area contributed by atoms with Gasteiger partial charge in [-0.15, -0.1) is 0 Å². The van der Waals surface area contributed by atoms with E-state index in [1.54, 1.807) is 24.3 Å². The van der Waals surface area contributed by atoms with Gasteiger partial charge in [-0.2, -0.15) is 0 Å². The molecule has 16 heavy (non-hydrogen) atoms. The van der Waals surface area contributed by atoms with E-state index in [4.69, 9.17) is 10.2 Å². The van der Waals surface area contributed by atoms with E-state index in [-0.39, 0.29) is 13.2 Å². The zero-order valence-corrected chi connectivity index (χ0v) is 9.01. The Kier molecular flexibility index (Phi) is 4.75. The smallest absolute Gasteiger partial charge is 0.337 e. The molecule has 0 bridgehead atoms. The van der Waals surface area contributed by atoms with Crippen molar-refractivity contribution in [3.63, 3.8) is 0 Å². The van der Waals surface area contributed by atoms with Crippen molar-refractivity contribution in [1.29, 1.82) is 0 Å². The lowest BCUT2D eigenvalue weighted by Gasteiger charge is -2.14. The van der Waals surface area contributed by atoms with Crippen LogP contribution in [0.2, 0.25) is 0 Å². The molecule has 1 aromatic rings. The maximum Gasteiger partial charge on any atom is 0.337 e. The molecule has 5 heteroatoms. The highest BCUT2D eigenvalue weighted by molar-refractivity contribution is 5.89. The monoisotopic (exact) mass is 225 g/mol. The van der Waals surface area contributed by atoms with Crippen molar-refractivity contribution < 1.29 is 19.7 Å². The highest BCUT2D eigenvalue weighted by Crippen LogP contribution is 2.11. The number of ether oxygens (including phenoxy) is 1. The summed E-state index contributed by atoms with van der Waals surface area (Å²) in [6.07, 6.45) is 0. The molecule has 0 saturated carbocycles. The van der Waals surface area contributed by atoms with Gasteiger partial charge >= 0.3 is 5.97 Å². The van der Waals surface area contributed by atoms with Gasteiger partial charge in [-0.25, -0.2) is 4.79 Å². The van der Waals surface area contributed by atoms with Crippen molar-refractivity contribution in [2.24, 2.45) is 0 Å². The summed E-state index contributed by atoms with van der Waals surface area (Å²) in [7, 11) is 1.32. The van der Waals surface area contributed by atoms with Crippen LogP contribution in [0.4, 0.5) is 5.69 Å². The first-order chi connectivity index (χ1) is 7.71. The molecule has 0 spiro atoms. The number of hydrogen-bond donors (Lipinski definition) is 3. The van der Waals surface area contributed by atoms with Crippen LogP contribution < -0.4 is 5.32 Å². The third kappa shape index (κ3) is 3.22. The first-order valence-electron chi connectivity index (χ1n) is 4.88. The fourth-order valence-corrected chi connectivity index (χ4v) is 1.21. The fourth-order valence-electron chi connectivity index (χ4n) is 1.21. The molecular weight excluding hydrogens is 210 g/mol. The number of esters is 1. The Morgan fingerprint density at radius 3 is 2.31 bits per heavy atom. The van der Waals surface area contributed by atoms with E-state index in [1.165, 1.54) is 7.11 Å². The molecule has 0 aliphatic rings. The standard InChI is InChI=1S/C11H15NO4/c1-16-11(15)8-2-4-9(5-3-8)12-10(6-13)7-14/h2-5,10,12-14H,6-7H2,1H3. The minimum absolute atomic E-state index is 0.157. The molecule has 0 aliphatic carbocycles. The van der Waals surface area contributed by atoms with Gasteiger partial charge in [0.2, 0.25) is 0 Å². The fraction of sp³-hybridized carbons (Fsp3) is 0.364. The summed E-state index contributed by atoms with van der Waals surface area (Å²) < 4.78 is 4.56. The van der Waals surface area contributed by atoms with E-state index < -0.39 is 12.0 Å². The van der Waals surface area contributed by atoms with Crippen LogP contribution in [0.25, 0.3) is 0 Å². The maximum atomic E-state index is 11.1. The highest BCUT2D eigenvalue weighted by atomic mass is 16.5. The Hall–Kier alpha value is -1.59. The minimum Gasteiger partial charge on any atom is -0.465 e. The lowest BCUT2D eigenvalue weighted by Crippen LogP contribution is -2.27. The van der Waals surface area contributed by atoms with Gasteiger partial charge in [0.1, 0.15) is 0 Å². The number of rotatable bonds is 5. The zero-order chi connectivity index (χ0) is 12.0. The second kappa shape index (κ2) is 6.09. The van der Waals surface area contributed by atoms with Gasteiger partial charge in [-0.3, -0.25) is 0 Å². The molecule has 0 heterocycles. The second-order valence-corrected chi connectivity index (χ2v) is 3.28. The van der Waals surface area contributed by atoms with Crippen molar-refractivity contribution >= 4 is 11.7 Å². The Morgan fingerprint density at radius 2 is 1.88 bits per heavy atom. The summed E-state index contributed by atoms with van der Waals surface area (Å²) in [5, 5.41) is 20.7. The van der Waals surface area contributed by atoms with Crippen LogP contribution in [0, 0.1) is 0 Å². The van der Waals surface area contributed by atoms with Crippen molar-refractivity contribution in [1.82, 2.24) is 0 Å². The summed E-state index contributed by atoms with van der Waals surface area (Å²) in [6.45, 7) is -0.315. The number of hydrogen-bond acceptors (Lipinski definition) is 5. The number of benzene rings is 1. The van der Waals surface area contributed by atoms with Crippen molar-refractivity contribution in [2.75, 3.05) is 25.6 Å². The molecule has 0 amide bonds. The van der Waals surface area contributed by atoms with Crippen molar-refractivity contribution in [3.8, 4) is 0 Å². The highest BCUT2D eigenvalue weighted by Gasteiger charge is 2.07. The number of aliphatic hydroxyl groups is 2. The van der Waals surface area contributed by atoms with Crippen LogP contribution in [-0.4, -0.2) is 42.5 Å². The second-order valence-electron chi connectivity index (χ2n) is 3.28. The maximum absolute atomic E-state index is 11.1. The van der Waals surface area contributed by atoms with Crippen LogP contribution in [0.3, 0.4) is 0 Å². The molecule has 3 N–H and O–H groups in total. The van der Waals surface area contributed by atoms with Gasteiger partial charge in [0, 0.05) is 5.69 Å². The van der Waals surface area contributed by atoms with E-state index in [1.807, 2.05) is 0 Å². The van der Waals surface area contributed by atoms with Gasteiger partial charge < -0.3 is 20.3 Å². The summed E-state index contributed by atoms with van der Waals surface area (Å²) >= 11 is 0. The third-order valence-corrected chi connectivity index (χ3v) is 2.12. The molecule has 0 radical (unpaired) electrons. The van der Waals surface area contributed by atoms with Gasteiger partial charge in [0.05, 0.1) is 31.9 Å². The Balaban J connectivity index is 2.67. The lowest BCUT2D eigenvalue weighted by molar-refractivity contribution is 0.0600. The summed E-state index contributed by atoms with van der Waals surface area (Å²) in [5.74, 6) is -0.396. The average Bonchev–Trinajstić information content (AvgIpc) is 2.35. The van der Waals surface area contributed by atoms with E-state index in [0.717, 1.165) is 5.69 Å². The van der Waals surface area contributed by atoms with Gasteiger partial charge in [-0.05, 0) is 24.3 Å². The van der Waals surface area contributed by atoms with Crippen molar-refractivity contribution in [2.45, 2.75) is 6.04 Å². The number of anilines is 1. The molecule has 0 aromatic heterocycles. The number of nitrogens with one attached hydrogen (secondary N) is 1. The molecule has 1 rings (SSSR count). The van der Waals surface area contributed by atoms with Crippen LogP contribution in [-0.2, 0) is 4.74 Å². The Labute approximate surface area is 93.7 Å². The lowest BCUT2D eigenvalue weighted by atomic mass is 10.2.